The maximum atomic E-state index is 12.2. The molecule has 20 heavy (non-hydrogen) atoms. The highest BCUT2D eigenvalue weighted by molar-refractivity contribution is 7.80. The van der Waals surface area contributed by atoms with Crippen molar-refractivity contribution in [1.82, 2.24) is 20.0 Å². The summed E-state index contributed by atoms with van der Waals surface area (Å²) < 4.78 is 6.95. The van der Waals surface area contributed by atoms with Gasteiger partial charge in [0.2, 0.25) is 0 Å². The van der Waals surface area contributed by atoms with Gasteiger partial charge < -0.3 is 10.1 Å². The molecular weight excluding hydrogens is 276 g/mol. The lowest BCUT2D eigenvalue weighted by Crippen LogP contribution is -2.32. The Bertz CT molecular complexity index is 538. The molecular formula is C13H18N4O2S. The van der Waals surface area contributed by atoms with Gasteiger partial charge in [0.15, 0.2) is 5.11 Å². The number of aromatic nitrogens is 2. The van der Waals surface area contributed by atoms with Crippen molar-refractivity contribution >= 4 is 29.3 Å². The fraction of sp³-hybridized carbons (Fsp3) is 0.462. The van der Waals surface area contributed by atoms with E-state index in [0.717, 1.165) is 12.0 Å². The quantitative estimate of drug-likeness (QED) is 0.480. The number of hydrogen-bond acceptors (Lipinski definition) is 4. The van der Waals surface area contributed by atoms with Crippen LogP contribution in [0.4, 0.5) is 0 Å². The number of ether oxygens (including phenoxy) is 1. The van der Waals surface area contributed by atoms with Crippen molar-refractivity contribution in [3.8, 4) is 0 Å². The van der Waals surface area contributed by atoms with E-state index in [4.69, 9.17) is 17.0 Å². The van der Waals surface area contributed by atoms with Crippen molar-refractivity contribution in [2.75, 3.05) is 19.8 Å². The van der Waals surface area contributed by atoms with Gasteiger partial charge in [0.25, 0.3) is 5.91 Å². The zero-order valence-corrected chi connectivity index (χ0v) is 12.4. The predicted octanol–water partition coefficient (Wildman–Crippen LogP) is 0.904. The molecule has 0 aromatic carbocycles. The number of thiocarbonyl (C=S) groups is 1. The van der Waals surface area contributed by atoms with Gasteiger partial charge in [-0.1, -0.05) is 0 Å². The van der Waals surface area contributed by atoms with Crippen molar-refractivity contribution in [1.29, 1.82) is 0 Å². The van der Waals surface area contributed by atoms with Gasteiger partial charge in [-0.25, -0.2) is 0 Å². The highest BCUT2D eigenvalue weighted by Crippen LogP contribution is 2.14. The van der Waals surface area contributed by atoms with Crippen LogP contribution in [-0.4, -0.2) is 45.5 Å². The van der Waals surface area contributed by atoms with Gasteiger partial charge in [0, 0.05) is 38.6 Å². The lowest BCUT2D eigenvalue weighted by atomic mass is 10.2. The molecule has 7 heteroatoms. The molecule has 1 fully saturated rings. The van der Waals surface area contributed by atoms with Crippen molar-refractivity contribution in [3.63, 3.8) is 0 Å². The van der Waals surface area contributed by atoms with E-state index in [9.17, 15) is 4.79 Å². The zero-order chi connectivity index (χ0) is 14.5. The Labute approximate surface area is 123 Å². The van der Waals surface area contributed by atoms with Crippen LogP contribution in [0.25, 0.3) is 6.08 Å². The molecule has 1 saturated heterocycles. The summed E-state index contributed by atoms with van der Waals surface area (Å²) in [5.41, 5.74) is 1.35. The molecule has 6 nitrogen and oxygen atoms in total. The van der Waals surface area contributed by atoms with Crippen molar-refractivity contribution in [2.45, 2.75) is 13.3 Å². The Morgan fingerprint density at radius 2 is 2.35 bits per heavy atom. The van der Waals surface area contributed by atoms with Gasteiger partial charge in [-0.05, 0) is 31.6 Å². The van der Waals surface area contributed by atoms with E-state index < -0.39 is 0 Å². The molecule has 1 N–H and O–H groups in total. The molecule has 0 saturated carbocycles. The summed E-state index contributed by atoms with van der Waals surface area (Å²) in [7, 11) is 1.83. The molecule has 0 bridgehead atoms. The minimum absolute atomic E-state index is 0.102. The van der Waals surface area contributed by atoms with E-state index in [1.54, 1.807) is 21.9 Å². The fourth-order valence-corrected chi connectivity index (χ4v) is 2.21. The van der Waals surface area contributed by atoms with Gasteiger partial charge in [-0.2, -0.15) is 5.10 Å². The second-order valence-corrected chi connectivity index (χ2v) is 4.83. The van der Waals surface area contributed by atoms with E-state index in [0.29, 0.717) is 30.6 Å². The van der Waals surface area contributed by atoms with Crippen LogP contribution in [0, 0.1) is 0 Å². The third-order valence-electron chi connectivity index (χ3n) is 2.87. The molecule has 1 aromatic heterocycles. The molecule has 1 aromatic rings. The molecule has 0 spiro atoms. The van der Waals surface area contributed by atoms with Crippen molar-refractivity contribution < 1.29 is 9.53 Å². The molecule has 0 radical (unpaired) electrons. The standard InChI is InChI=1S/C13H18N4O2S/c1-3-19-6-4-5-17-12(18)11(15-13(17)20)7-10-8-14-16(2)9-10/h7-9H,3-6H2,1-2H3,(H,15,20)/b11-7-. The fourth-order valence-electron chi connectivity index (χ4n) is 1.93. The average Bonchev–Trinajstić information content (AvgIpc) is 2.93. The van der Waals surface area contributed by atoms with Crippen LogP contribution < -0.4 is 5.32 Å². The van der Waals surface area contributed by atoms with Crippen LogP contribution in [-0.2, 0) is 16.6 Å². The second-order valence-electron chi connectivity index (χ2n) is 4.44. The summed E-state index contributed by atoms with van der Waals surface area (Å²) in [6, 6.07) is 0. The number of rotatable bonds is 6. The van der Waals surface area contributed by atoms with Crippen molar-refractivity contribution in [3.05, 3.63) is 23.7 Å². The first-order chi connectivity index (χ1) is 9.61. The lowest BCUT2D eigenvalue weighted by molar-refractivity contribution is -0.122. The minimum atomic E-state index is -0.102. The number of nitrogens with zero attached hydrogens (tertiary/aromatic N) is 3. The average molecular weight is 294 g/mol. The normalized spacial score (nSPS) is 17.1. The zero-order valence-electron chi connectivity index (χ0n) is 11.6. The Balaban J connectivity index is 1.99. The third kappa shape index (κ3) is 3.43. The first kappa shape index (κ1) is 14.7. The Hall–Kier alpha value is -1.73. The molecule has 2 heterocycles. The van der Waals surface area contributed by atoms with Crippen molar-refractivity contribution in [2.24, 2.45) is 7.05 Å². The third-order valence-corrected chi connectivity index (χ3v) is 3.20. The summed E-state index contributed by atoms with van der Waals surface area (Å²) in [4.78, 5) is 13.8. The summed E-state index contributed by atoms with van der Waals surface area (Å²) in [5.74, 6) is -0.102. The van der Waals surface area contributed by atoms with Crippen LogP contribution in [0.3, 0.4) is 0 Å². The number of hydrogen-bond donors (Lipinski definition) is 1. The van der Waals surface area contributed by atoms with Gasteiger partial charge >= 0.3 is 0 Å². The van der Waals surface area contributed by atoms with Crippen LogP contribution in [0.15, 0.2) is 18.1 Å². The predicted molar refractivity (Wildman–Crippen MR) is 79.7 cm³/mol. The summed E-state index contributed by atoms with van der Waals surface area (Å²) >= 11 is 5.19. The molecule has 1 aliphatic rings. The van der Waals surface area contributed by atoms with Gasteiger partial charge in [-0.3, -0.25) is 14.4 Å². The monoisotopic (exact) mass is 294 g/mol. The Morgan fingerprint density at radius 3 is 3.00 bits per heavy atom. The molecule has 1 amide bonds. The summed E-state index contributed by atoms with van der Waals surface area (Å²) in [5, 5.41) is 7.45. The summed E-state index contributed by atoms with van der Waals surface area (Å²) in [6.07, 6.45) is 6.05. The first-order valence-electron chi connectivity index (χ1n) is 6.52. The number of nitrogens with one attached hydrogen (secondary N) is 1. The summed E-state index contributed by atoms with van der Waals surface area (Å²) in [6.45, 7) is 3.82. The number of aryl methyl sites for hydroxylation is 1. The highest BCUT2D eigenvalue weighted by Gasteiger charge is 2.29. The van der Waals surface area contributed by atoms with E-state index >= 15 is 0 Å². The highest BCUT2D eigenvalue weighted by atomic mass is 32.1. The number of amides is 1. The number of carbonyl (C=O) groups is 1. The van der Waals surface area contributed by atoms with Crippen LogP contribution in [0.2, 0.25) is 0 Å². The molecule has 0 atom stereocenters. The topological polar surface area (TPSA) is 59.4 Å². The largest absolute Gasteiger partial charge is 0.382 e. The van der Waals surface area contributed by atoms with Gasteiger partial charge in [0.05, 0.1) is 6.20 Å². The van der Waals surface area contributed by atoms with Crippen LogP contribution in [0.5, 0.6) is 0 Å². The smallest absolute Gasteiger partial charge is 0.276 e. The Morgan fingerprint density at radius 1 is 1.55 bits per heavy atom. The molecule has 0 aliphatic carbocycles. The van der Waals surface area contributed by atoms with E-state index in [-0.39, 0.29) is 5.91 Å². The van der Waals surface area contributed by atoms with Crippen LogP contribution >= 0.6 is 12.2 Å². The maximum absolute atomic E-state index is 12.2. The second kappa shape index (κ2) is 6.62. The SMILES string of the molecule is CCOCCCN1C(=O)/C(=C/c2cnn(C)c2)NC1=S. The van der Waals surface area contributed by atoms with E-state index in [1.165, 1.54) is 0 Å². The van der Waals surface area contributed by atoms with Gasteiger partial charge in [-0.15, -0.1) is 0 Å². The van der Waals surface area contributed by atoms with E-state index in [1.807, 2.05) is 20.2 Å². The van der Waals surface area contributed by atoms with Gasteiger partial charge in [0.1, 0.15) is 5.70 Å². The molecule has 2 rings (SSSR count). The maximum Gasteiger partial charge on any atom is 0.276 e. The molecule has 0 unspecified atom stereocenters. The molecule has 1 aliphatic heterocycles. The van der Waals surface area contributed by atoms with Crippen LogP contribution in [0.1, 0.15) is 18.9 Å². The lowest BCUT2D eigenvalue weighted by Gasteiger charge is -2.13. The Kier molecular flexibility index (Phi) is 4.86. The van der Waals surface area contributed by atoms with E-state index in [2.05, 4.69) is 10.4 Å². The first-order valence-corrected chi connectivity index (χ1v) is 6.93. The molecule has 108 valence electrons. The number of carbonyl (C=O) groups excluding carboxylic acids is 1. The minimum Gasteiger partial charge on any atom is -0.382 e.